The summed E-state index contributed by atoms with van der Waals surface area (Å²) in [7, 11) is 4.58. The third-order valence-corrected chi connectivity index (χ3v) is 3.88. The van der Waals surface area contributed by atoms with Crippen molar-refractivity contribution in [2.75, 3.05) is 41.0 Å². The summed E-state index contributed by atoms with van der Waals surface area (Å²) in [6.45, 7) is 1.35. The summed E-state index contributed by atoms with van der Waals surface area (Å²) >= 11 is 0. The summed E-state index contributed by atoms with van der Waals surface area (Å²) in [5, 5.41) is 0. The Bertz CT molecular complexity index is 630. The van der Waals surface area contributed by atoms with Crippen LogP contribution in [-0.4, -0.2) is 57.8 Å². The molecule has 0 atom stereocenters. The van der Waals surface area contributed by atoms with Gasteiger partial charge in [-0.15, -0.1) is 0 Å². The third kappa shape index (κ3) is 4.89. The molecule has 136 valence electrons. The van der Waals surface area contributed by atoms with Gasteiger partial charge in [-0.05, 0) is 30.2 Å². The zero-order valence-electron chi connectivity index (χ0n) is 14.7. The average molecular weight is 349 g/mol. The summed E-state index contributed by atoms with van der Waals surface area (Å²) in [6, 6.07) is 3.46. The minimum atomic E-state index is -0.472. The highest BCUT2D eigenvalue weighted by atomic mass is 16.5. The molecule has 1 aliphatic rings. The fourth-order valence-electron chi connectivity index (χ4n) is 2.61. The second-order valence-corrected chi connectivity index (χ2v) is 5.44. The van der Waals surface area contributed by atoms with E-state index in [9.17, 15) is 9.59 Å². The van der Waals surface area contributed by atoms with Crippen LogP contribution in [0.1, 0.15) is 18.4 Å². The number of carbonyl (C=O) groups excluding carboxylic acids is 2. The zero-order chi connectivity index (χ0) is 18.2. The lowest BCUT2D eigenvalue weighted by Crippen LogP contribution is -2.29. The van der Waals surface area contributed by atoms with Gasteiger partial charge in [0.2, 0.25) is 11.7 Å². The molecule has 1 aromatic rings. The number of carbonyl (C=O) groups is 2. The number of esters is 1. The number of ether oxygens (including phenoxy) is 4. The molecule has 2 rings (SSSR count). The first-order valence-electron chi connectivity index (χ1n) is 8.01. The van der Waals surface area contributed by atoms with Crippen molar-refractivity contribution >= 4 is 18.0 Å². The van der Waals surface area contributed by atoms with Gasteiger partial charge in [0.1, 0.15) is 6.61 Å². The molecule has 1 saturated heterocycles. The number of benzene rings is 1. The quantitative estimate of drug-likeness (QED) is 0.527. The zero-order valence-corrected chi connectivity index (χ0v) is 14.7. The van der Waals surface area contributed by atoms with Gasteiger partial charge in [0.15, 0.2) is 11.5 Å². The predicted molar refractivity (Wildman–Crippen MR) is 91.9 cm³/mol. The maximum Gasteiger partial charge on any atom is 0.330 e. The standard InChI is InChI=1S/C18H23NO6/c1-22-14-11-13(12-15(23-2)18(14)24-3)6-7-17(21)25-10-9-19-8-4-5-16(19)20/h6-7,11-12H,4-5,8-10H2,1-3H3/b7-6+. The minimum absolute atomic E-state index is 0.115. The van der Waals surface area contributed by atoms with Crippen LogP contribution in [0.25, 0.3) is 6.08 Å². The van der Waals surface area contributed by atoms with Crippen LogP contribution in [-0.2, 0) is 14.3 Å². The fourth-order valence-corrected chi connectivity index (χ4v) is 2.61. The van der Waals surface area contributed by atoms with Gasteiger partial charge in [0.25, 0.3) is 0 Å². The van der Waals surface area contributed by atoms with Crippen molar-refractivity contribution in [2.24, 2.45) is 0 Å². The van der Waals surface area contributed by atoms with Gasteiger partial charge < -0.3 is 23.8 Å². The van der Waals surface area contributed by atoms with Gasteiger partial charge in [0.05, 0.1) is 27.9 Å². The van der Waals surface area contributed by atoms with E-state index in [2.05, 4.69) is 0 Å². The lowest BCUT2D eigenvalue weighted by molar-refractivity contribution is -0.139. The van der Waals surface area contributed by atoms with Crippen LogP contribution in [0.3, 0.4) is 0 Å². The smallest absolute Gasteiger partial charge is 0.330 e. The van der Waals surface area contributed by atoms with Crippen molar-refractivity contribution in [2.45, 2.75) is 12.8 Å². The largest absolute Gasteiger partial charge is 0.493 e. The topological polar surface area (TPSA) is 74.3 Å². The molecule has 0 aromatic heterocycles. The van der Waals surface area contributed by atoms with Gasteiger partial charge in [-0.25, -0.2) is 4.79 Å². The van der Waals surface area contributed by atoms with E-state index in [0.29, 0.717) is 35.8 Å². The molecule has 0 bridgehead atoms. The lowest BCUT2D eigenvalue weighted by Gasteiger charge is -2.14. The number of rotatable bonds is 8. The van der Waals surface area contributed by atoms with E-state index >= 15 is 0 Å². The van der Waals surface area contributed by atoms with E-state index in [1.165, 1.54) is 27.4 Å². The number of methoxy groups -OCH3 is 3. The highest BCUT2D eigenvalue weighted by Gasteiger charge is 2.19. The Balaban J connectivity index is 1.93. The number of amides is 1. The molecule has 1 aliphatic heterocycles. The second kappa shape index (κ2) is 8.96. The maximum atomic E-state index is 11.8. The third-order valence-electron chi connectivity index (χ3n) is 3.88. The van der Waals surface area contributed by atoms with Crippen molar-refractivity contribution in [3.05, 3.63) is 23.8 Å². The van der Waals surface area contributed by atoms with Crippen molar-refractivity contribution in [3.63, 3.8) is 0 Å². The summed E-state index contributed by atoms with van der Waals surface area (Å²) < 4.78 is 20.9. The van der Waals surface area contributed by atoms with Crippen LogP contribution < -0.4 is 14.2 Å². The van der Waals surface area contributed by atoms with E-state index in [4.69, 9.17) is 18.9 Å². The number of likely N-dealkylation sites (tertiary alicyclic amines) is 1. The molecule has 0 unspecified atom stereocenters. The van der Waals surface area contributed by atoms with Crippen LogP contribution >= 0.6 is 0 Å². The Morgan fingerprint density at radius 3 is 2.36 bits per heavy atom. The Morgan fingerprint density at radius 1 is 1.16 bits per heavy atom. The number of hydrogen-bond acceptors (Lipinski definition) is 6. The first-order valence-corrected chi connectivity index (χ1v) is 8.01. The molecule has 0 spiro atoms. The Labute approximate surface area is 147 Å². The van der Waals surface area contributed by atoms with Crippen molar-refractivity contribution in [1.82, 2.24) is 4.90 Å². The molecule has 25 heavy (non-hydrogen) atoms. The highest BCUT2D eigenvalue weighted by molar-refractivity contribution is 5.87. The predicted octanol–water partition coefficient (Wildman–Crippen LogP) is 1.89. The summed E-state index contributed by atoms with van der Waals surface area (Å²) in [5.74, 6) is 1.13. The molecule has 7 heteroatoms. The van der Waals surface area contributed by atoms with E-state index in [-0.39, 0.29) is 12.5 Å². The monoisotopic (exact) mass is 349 g/mol. The van der Waals surface area contributed by atoms with Gasteiger partial charge in [-0.1, -0.05) is 0 Å². The first kappa shape index (κ1) is 18.6. The first-order chi connectivity index (χ1) is 12.1. The molecule has 1 fully saturated rings. The lowest BCUT2D eigenvalue weighted by atomic mass is 10.1. The number of nitrogens with zero attached hydrogens (tertiary/aromatic N) is 1. The molecule has 0 radical (unpaired) electrons. The van der Waals surface area contributed by atoms with E-state index in [1.54, 1.807) is 23.1 Å². The highest BCUT2D eigenvalue weighted by Crippen LogP contribution is 2.38. The molecule has 1 heterocycles. The summed E-state index contributed by atoms with van der Waals surface area (Å²) in [4.78, 5) is 25.0. The second-order valence-electron chi connectivity index (χ2n) is 5.44. The Hall–Kier alpha value is -2.70. The van der Waals surface area contributed by atoms with Crippen LogP contribution in [0.15, 0.2) is 18.2 Å². The molecular formula is C18H23NO6. The van der Waals surface area contributed by atoms with Crippen LogP contribution in [0, 0.1) is 0 Å². The Kier molecular flexibility index (Phi) is 6.68. The van der Waals surface area contributed by atoms with Gasteiger partial charge in [-0.2, -0.15) is 0 Å². The van der Waals surface area contributed by atoms with Crippen molar-refractivity contribution in [3.8, 4) is 17.2 Å². The van der Waals surface area contributed by atoms with Gasteiger partial charge >= 0.3 is 5.97 Å². The van der Waals surface area contributed by atoms with Crippen LogP contribution in [0.5, 0.6) is 17.2 Å². The van der Waals surface area contributed by atoms with E-state index < -0.39 is 5.97 Å². The molecule has 1 aromatic carbocycles. The molecule has 0 aliphatic carbocycles. The normalized spacial score (nSPS) is 14.0. The minimum Gasteiger partial charge on any atom is -0.493 e. The molecule has 0 saturated carbocycles. The molecule has 0 N–H and O–H groups in total. The van der Waals surface area contributed by atoms with Crippen LogP contribution in [0.4, 0.5) is 0 Å². The van der Waals surface area contributed by atoms with Crippen LogP contribution in [0.2, 0.25) is 0 Å². The van der Waals surface area contributed by atoms with Crippen molar-refractivity contribution < 1.29 is 28.5 Å². The Morgan fingerprint density at radius 2 is 1.84 bits per heavy atom. The van der Waals surface area contributed by atoms with Crippen molar-refractivity contribution in [1.29, 1.82) is 0 Å². The fraction of sp³-hybridized carbons (Fsp3) is 0.444. The molecule has 7 nitrogen and oxygen atoms in total. The van der Waals surface area contributed by atoms with Gasteiger partial charge in [0, 0.05) is 19.0 Å². The maximum absolute atomic E-state index is 11.8. The molecule has 1 amide bonds. The number of hydrogen-bond donors (Lipinski definition) is 0. The molecular weight excluding hydrogens is 326 g/mol. The SMILES string of the molecule is COc1cc(/C=C/C(=O)OCCN2CCCC2=O)cc(OC)c1OC. The van der Waals surface area contributed by atoms with Gasteiger partial charge in [-0.3, -0.25) is 4.79 Å². The summed E-state index contributed by atoms with van der Waals surface area (Å²) in [5.41, 5.74) is 0.709. The van der Waals surface area contributed by atoms with E-state index in [0.717, 1.165) is 13.0 Å². The summed E-state index contributed by atoms with van der Waals surface area (Å²) in [6.07, 6.45) is 4.38. The van der Waals surface area contributed by atoms with E-state index in [1.807, 2.05) is 0 Å². The average Bonchev–Trinajstić information content (AvgIpc) is 3.03.